The Bertz CT molecular complexity index is 1200. The van der Waals surface area contributed by atoms with Crippen molar-refractivity contribution in [3.63, 3.8) is 0 Å². The summed E-state index contributed by atoms with van der Waals surface area (Å²) in [6.45, 7) is 8.00. The molecule has 0 bridgehead atoms. The van der Waals surface area contributed by atoms with Crippen molar-refractivity contribution in [2.45, 2.75) is 32.4 Å². The lowest BCUT2D eigenvalue weighted by Gasteiger charge is -2.15. The second-order valence-corrected chi connectivity index (χ2v) is 14.5. The molecule has 0 aliphatic rings. The van der Waals surface area contributed by atoms with Crippen LogP contribution in [0.15, 0.2) is 36.9 Å². The van der Waals surface area contributed by atoms with E-state index in [-0.39, 0.29) is 18.5 Å². The molecule has 0 aliphatic carbocycles. The Hall–Kier alpha value is -2.46. The van der Waals surface area contributed by atoms with Gasteiger partial charge in [0.15, 0.2) is 5.65 Å². The molecule has 0 amide bonds. The van der Waals surface area contributed by atoms with Gasteiger partial charge in [0.1, 0.15) is 19.0 Å². The third-order valence-corrected chi connectivity index (χ3v) is 6.79. The van der Waals surface area contributed by atoms with E-state index in [4.69, 9.17) is 21.1 Å². The zero-order valence-corrected chi connectivity index (χ0v) is 19.6. The second kappa shape index (κ2) is 8.95. The van der Waals surface area contributed by atoms with Crippen molar-refractivity contribution < 1.29 is 14.6 Å². The van der Waals surface area contributed by atoms with E-state index in [0.29, 0.717) is 24.9 Å². The van der Waals surface area contributed by atoms with Gasteiger partial charge in [-0.1, -0.05) is 19.6 Å². The third kappa shape index (κ3) is 4.90. The molecule has 0 atom stereocenters. The van der Waals surface area contributed by atoms with Crippen molar-refractivity contribution in [2.75, 3.05) is 19.8 Å². The van der Waals surface area contributed by atoms with Crippen molar-refractivity contribution in [3.8, 4) is 17.0 Å². The summed E-state index contributed by atoms with van der Waals surface area (Å²) in [4.78, 5) is 13.0. The maximum absolute atomic E-state index is 9.23. The maximum Gasteiger partial charge on any atom is 0.228 e. The normalized spacial score (nSPS) is 12.2. The van der Waals surface area contributed by atoms with Crippen LogP contribution in [-0.2, 0) is 11.5 Å². The van der Waals surface area contributed by atoms with Crippen LogP contribution in [0.2, 0.25) is 31.0 Å². The van der Waals surface area contributed by atoms with Crippen LogP contribution >= 0.6 is 11.6 Å². The van der Waals surface area contributed by atoms with Gasteiger partial charge in [-0.15, -0.1) is 0 Å². The number of aliphatic hydroxyl groups excluding tert-OH is 1. The van der Waals surface area contributed by atoms with Crippen LogP contribution in [0.5, 0.6) is 5.88 Å². The van der Waals surface area contributed by atoms with Gasteiger partial charge in [-0.3, -0.25) is 0 Å². The van der Waals surface area contributed by atoms with Gasteiger partial charge in [0.2, 0.25) is 11.2 Å². The minimum absolute atomic E-state index is 0.0819. The molecule has 8 nitrogen and oxygen atoms in total. The zero-order chi connectivity index (χ0) is 22.0. The topological polar surface area (TPSA) is 86.7 Å². The highest BCUT2D eigenvalue weighted by Crippen LogP contribution is 2.36. The monoisotopic (exact) mass is 459 g/mol. The summed E-state index contributed by atoms with van der Waals surface area (Å²) in [6, 6.07) is 5.03. The van der Waals surface area contributed by atoms with Crippen LogP contribution < -0.4 is 4.74 Å². The molecule has 0 spiro atoms. The maximum atomic E-state index is 9.23. The highest BCUT2D eigenvalue weighted by atomic mass is 35.5. The summed E-state index contributed by atoms with van der Waals surface area (Å²) in [5.41, 5.74) is 3.33. The van der Waals surface area contributed by atoms with E-state index in [1.165, 1.54) is 0 Å². The fourth-order valence-corrected chi connectivity index (χ4v) is 4.23. The van der Waals surface area contributed by atoms with Gasteiger partial charge in [0.05, 0.1) is 12.0 Å². The summed E-state index contributed by atoms with van der Waals surface area (Å²) in [5, 5.41) is 10.0. The van der Waals surface area contributed by atoms with E-state index in [9.17, 15) is 5.11 Å². The van der Waals surface area contributed by atoms with E-state index < -0.39 is 8.07 Å². The predicted octanol–water partition coefficient (Wildman–Crippen LogP) is 4.08. The first-order valence-corrected chi connectivity index (χ1v) is 14.2. The summed E-state index contributed by atoms with van der Waals surface area (Å²) in [5.74, 6) is 0.339. The van der Waals surface area contributed by atoms with E-state index in [1.807, 2.05) is 39.7 Å². The number of aliphatic hydroxyl groups is 1. The van der Waals surface area contributed by atoms with Crippen LogP contribution in [0.3, 0.4) is 0 Å². The number of hydrogen-bond donors (Lipinski definition) is 1. The number of pyridine rings is 1. The van der Waals surface area contributed by atoms with E-state index in [0.717, 1.165) is 28.2 Å². The Labute approximate surface area is 186 Å². The van der Waals surface area contributed by atoms with Crippen molar-refractivity contribution >= 4 is 36.4 Å². The molecule has 164 valence electrons. The van der Waals surface area contributed by atoms with Gasteiger partial charge in [0.25, 0.3) is 0 Å². The molecule has 0 aromatic carbocycles. The van der Waals surface area contributed by atoms with Gasteiger partial charge in [-0.2, -0.15) is 9.97 Å². The number of nitrogens with zero attached hydrogens (tertiary/aromatic N) is 5. The minimum atomic E-state index is -1.18. The molecular formula is C21H26ClN5O3Si. The van der Waals surface area contributed by atoms with Crippen LogP contribution in [0.1, 0.15) is 0 Å². The fourth-order valence-electron chi connectivity index (χ4n) is 3.31. The lowest BCUT2D eigenvalue weighted by molar-refractivity contribution is 0.0899. The molecule has 0 radical (unpaired) electrons. The van der Waals surface area contributed by atoms with Gasteiger partial charge in [-0.05, 0) is 29.8 Å². The minimum Gasteiger partial charge on any atom is -0.475 e. The quantitative estimate of drug-likeness (QED) is 0.230. The summed E-state index contributed by atoms with van der Waals surface area (Å²) >= 11 is 6.19. The Balaban J connectivity index is 1.77. The van der Waals surface area contributed by atoms with Crippen LogP contribution in [0.25, 0.3) is 27.8 Å². The molecule has 0 unspecified atom stereocenters. The molecule has 4 aromatic heterocycles. The fraction of sp³-hybridized carbons (Fsp3) is 0.381. The Morgan fingerprint density at radius 3 is 2.74 bits per heavy atom. The molecule has 4 heterocycles. The molecular weight excluding hydrogens is 434 g/mol. The van der Waals surface area contributed by atoms with E-state index in [1.54, 1.807) is 6.20 Å². The summed E-state index contributed by atoms with van der Waals surface area (Å²) < 4.78 is 15.6. The largest absolute Gasteiger partial charge is 0.475 e. The molecule has 4 aromatic rings. The number of ether oxygens (including phenoxy) is 2. The summed E-state index contributed by atoms with van der Waals surface area (Å²) in [6.07, 6.45) is 7.63. The van der Waals surface area contributed by atoms with Crippen molar-refractivity contribution in [3.05, 3.63) is 42.2 Å². The molecule has 0 fully saturated rings. The lowest BCUT2D eigenvalue weighted by Crippen LogP contribution is -2.22. The Morgan fingerprint density at radius 1 is 1.13 bits per heavy atom. The van der Waals surface area contributed by atoms with Crippen molar-refractivity contribution in [1.82, 2.24) is 23.9 Å². The highest BCUT2D eigenvalue weighted by Gasteiger charge is 2.20. The molecule has 0 saturated carbocycles. The standard InChI is InChI=1S/C21H26ClN5O3Si/c1-31(2,3)11-10-29-14-27-13-16(15-4-5-17-23-6-7-26(17)12-15)18-19(27)24-21(22)25-20(18)30-9-8-28/h4-7,12-13,28H,8-11,14H2,1-3H3. The van der Waals surface area contributed by atoms with Crippen molar-refractivity contribution in [1.29, 1.82) is 0 Å². The number of rotatable bonds is 9. The third-order valence-electron chi connectivity index (χ3n) is 4.91. The predicted molar refractivity (Wildman–Crippen MR) is 123 cm³/mol. The van der Waals surface area contributed by atoms with Gasteiger partial charge >= 0.3 is 0 Å². The van der Waals surface area contributed by atoms with Crippen molar-refractivity contribution in [2.24, 2.45) is 0 Å². The number of fused-ring (bicyclic) bond motifs is 2. The number of halogens is 1. The average Bonchev–Trinajstić information content (AvgIpc) is 3.32. The van der Waals surface area contributed by atoms with E-state index in [2.05, 4.69) is 34.6 Å². The average molecular weight is 460 g/mol. The second-order valence-electron chi connectivity index (χ2n) is 8.54. The summed E-state index contributed by atoms with van der Waals surface area (Å²) in [7, 11) is -1.18. The number of hydrogen-bond acceptors (Lipinski definition) is 6. The molecule has 0 aliphatic heterocycles. The Morgan fingerprint density at radius 2 is 1.97 bits per heavy atom. The SMILES string of the molecule is C[Si](C)(C)CCOCn1cc(-c2ccc3nccn3c2)c2c(OCCO)nc(Cl)nc21. The first kappa shape index (κ1) is 21.8. The van der Waals surface area contributed by atoms with Gasteiger partial charge in [-0.25, -0.2) is 4.98 Å². The molecule has 31 heavy (non-hydrogen) atoms. The van der Waals surface area contributed by atoms with Crippen LogP contribution in [0.4, 0.5) is 0 Å². The Kier molecular flexibility index (Phi) is 6.28. The van der Waals surface area contributed by atoms with Gasteiger partial charge in [0, 0.05) is 50.6 Å². The van der Waals surface area contributed by atoms with Crippen LogP contribution in [-0.4, -0.2) is 56.9 Å². The van der Waals surface area contributed by atoms with Gasteiger partial charge < -0.3 is 23.5 Å². The first-order chi connectivity index (χ1) is 14.9. The number of imidazole rings is 1. The zero-order valence-electron chi connectivity index (χ0n) is 17.9. The number of aromatic nitrogens is 5. The first-order valence-electron chi connectivity index (χ1n) is 10.2. The highest BCUT2D eigenvalue weighted by molar-refractivity contribution is 6.76. The molecule has 4 rings (SSSR count). The van der Waals surface area contributed by atoms with E-state index >= 15 is 0 Å². The van der Waals surface area contributed by atoms with Crippen LogP contribution in [0, 0.1) is 0 Å². The molecule has 0 saturated heterocycles. The smallest absolute Gasteiger partial charge is 0.228 e. The molecule has 1 N–H and O–H groups in total. The molecule has 10 heteroatoms. The lowest BCUT2D eigenvalue weighted by atomic mass is 10.1.